The van der Waals surface area contributed by atoms with Crippen LogP contribution >= 0.6 is 11.6 Å². The number of carbonyl (C=O) groups excluding carboxylic acids is 1. The maximum atomic E-state index is 13.1. The minimum absolute atomic E-state index is 0.115. The van der Waals surface area contributed by atoms with Crippen LogP contribution in [0.2, 0.25) is 5.02 Å². The van der Waals surface area contributed by atoms with E-state index in [-0.39, 0.29) is 11.4 Å². The minimum atomic E-state index is -4.55. The first kappa shape index (κ1) is 17.9. The van der Waals surface area contributed by atoms with Crippen LogP contribution in [0.25, 0.3) is 5.69 Å². The van der Waals surface area contributed by atoms with Crippen LogP contribution in [0.3, 0.4) is 0 Å². The Morgan fingerprint density at radius 1 is 1.19 bits per heavy atom. The fourth-order valence-electron chi connectivity index (χ4n) is 2.35. The fraction of sp³-hybridized carbons (Fsp3) is 0.118. The molecule has 2 aromatic carbocycles. The third kappa shape index (κ3) is 3.70. The molecule has 0 spiro atoms. The summed E-state index contributed by atoms with van der Waals surface area (Å²) in [5.74, 6) is -0.592. The number of hydrogen-bond donors (Lipinski definition) is 1. The first-order valence-corrected chi connectivity index (χ1v) is 7.80. The molecule has 0 saturated heterocycles. The lowest BCUT2D eigenvalue weighted by Gasteiger charge is -2.11. The molecule has 0 bridgehead atoms. The molecule has 0 atom stereocenters. The molecule has 1 N–H and O–H groups in total. The summed E-state index contributed by atoms with van der Waals surface area (Å²) in [5.41, 5.74) is 0.0567. The van der Waals surface area contributed by atoms with Crippen LogP contribution in [-0.2, 0) is 6.18 Å². The summed E-state index contributed by atoms with van der Waals surface area (Å²) in [4.78, 5) is 12.3. The van der Waals surface area contributed by atoms with Gasteiger partial charge in [-0.15, -0.1) is 5.10 Å². The number of carbonyl (C=O) groups is 1. The molecule has 26 heavy (non-hydrogen) atoms. The first-order valence-electron chi connectivity index (χ1n) is 7.42. The average Bonchev–Trinajstić information content (AvgIpc) is 3.06. The third-order valence-corrected chi connectivity index (χ3v) is 3.85. The summed E-state index contributed by atoms with van der Waals surface area (Å²) >= 11 is 5.86. The van der Waals surface area contributed by atoms with Gasteiger partial charge in [-0.3, -0.25) is 4.79 Å². The van der Waals surface area contributed by atoms with E-state index in [2.05, 4.69) is 15.6 Å². The molecular formula is C17H12ClF3N4O. The van der Waals surface area contributed by atoms with Crippen LogP contribution in [0.5, 0.6) is 0 Å². The zero-order valence-corrected chi connectivity index (χ0v) is 14.1. The summed E-state index contributed by atoms with van der Waals surface area (Å²) in [6.07, 6.45) is -3.41. The van der Waals surface area contributed by atoms with E-state index in [1.54, 1.807) is 25.1 Å². The number of aryl methyl sites for hydroxylation is 1. The topological polar surface area (TPSA) is 59.8 Å². The second-order valence-electron chi connectivity index (χ2n) is 5.48. The lowest BCUT2D eigenvalue weighted by molar-refractivity contribution is -0.137. The summed E-state index contributed by atoms with van der Waals surface area (Å²) < 4.78 is 40.3. The van der Waals surface area contributed by atoms with Crippen molar-refractivity contribution in [2.75, 3.05) is 5.32 Å². The van der Waals surface area contributed by atoms with E-state index in [4.69, 9.17) is 11.6 Å². The first-order chi connectivity index (χ1) is 12.3. The van der Waals surface area contributed by atoms with E-state index in [0.717, 1.165) is 22.5 Å². The van der Waals surface area contributed by atoms with E-state index in [9.17, 15) is 18.0 Å². The highest BCUT2D eigenvalue weighted by atomic mass is 35.5. The van der Waals surface area contributed by atoms with Gasteiger partial charge in [-0.1, -0.05) is 28.9 Å². The summed E-state index contributed by atoms with van der Waals surface area (Å²) in [6.45, 7) is 1.76. The number of hydrogen-bond acceptors (Lipinski definition) is 3. The fourth-order valence-corrected chi connectivity index (χ4v) is 2.58. The molecule has 0 unspecified atom stereocenters. The van der Waals surface area contributed by atoms with Gasteiger partial charge in [0, 0.05) is 10.7 Å². The number of aromatic nitrogens is 3. The van der Waals surface area contributed by atoms with Crippen molar-refractivity contribution >= 4 is 23.2 Å². The van der Waals surface area contributed by atoms with Gasteiger partial charge in [-0.05, 0) is 42.8 Å². The molecule has 0 aliphatic rings. The van der Waals surface area contributed by atoms with E-state index in [0.29, 0.717) is 10.7 Å². The molecular weight excluding hydrogens is 369 g/mol. The van der Waals surface area contributed by atoms with E-state index >= 15 is 0 Å². The van der Waals surface area contributed by atoms with Crippen molar-refractivity contribution in [1.29, 1.82) is 0 Å². The molecule has 0 fully saturated rings. The number of benzene rings is 2. The van der Waals surface area contributed by atoms with E-state index in [1.165, 1.54) is 18.2 Å². The second-order valence-corrected chi connectivity index (χ2v) is 5.91. The quantitative estimate of drug-likeness (QED) is 0.727. The van der Waals surface area contributed by atoms with Gasteiger partial charge in [0.05, 0.1) is 17.4 Å². The number of alkyl halides is 3. The second kappa shape index (κ2) is 6.80. The van der Waals surface area contributed by atoms with Crippen molar-refractivity contribution in [3.63, 3.8) is 0 Å². The van der Waals surface area contributed by atoms with Crippen molar-refractivity contribution in [3.05, 3.63) is 70.5 Å². The van der Waals surface area contributed by atoms with Gasteiger partial charge in [0.1, 0.15) is 0 Å². The predicted molar refractivity (Wildman–Crippen MR) is 90.5 cm³/mol. The summed E-state index contributed by atoms with van der Waals surface area (Å²) in [7, 11) is 0. The molecule has 1 aromatic heterocycles. The highest BCUT2D eigenvalue weighted by Crippen LogP contribution is 2.33. The van der Waals surface area contributed by atoms with Crippen LogP contribution in [0, 0.1) is 6.92 Å². The van der Waals surface area contributed by atoms with E-state index < -0.39 is 17.6 Å². The lowest BCUT2D eigenvalue weighted by Crippen LogP contribution is -2.13. The zero-order valence-electron chi connectivity index (χ0n) is 13.4. The molecule has 3 rings (SSSR count). The van der Waals surface area contributed by atoms with Crippen molar-refractivity contribution < 1.29 is 18.0 Å². The monoisotopic (exact) mass is 380 g/mol. The number of amides is 1. The Labute approximate surface area is 151 Å². The Kier molecular flexibility index (Phi) is 4.69. The minimum Gasteiger partial charge on any atom is -0.320 e. The number of nitrogens with one attached hydrogen (secondary N) is 1. The van der Waals surface area contributed by atoms with Crippen LogP contribution < -0.4 is 5.32 Å². The van der Waals surface area contributed by atoms with Crippen LogP contribution in [0.4, 0.5) is 18.9 Å². The molecule has 1 heterocycles. The smallest absolute Gasteiger partial charge is 0.320 e. The molecule has 5 nitrogen and oxygen atoms in total. The average molecular weight is 381 g/mol. The van der Waals surface area contributed by atoms with Crippen molar-refractivity contribution in [2.24, 2.45) is 0 Å². The number of para-hydroxylation sites is 1. The molecule has 0 aliphatic heterocycles. The van der Waals surface area contributed by atoms with E-state index in [1.807, 2.05) is 0 Å². The highest BCUT2D eigenvalue weighted by Gasteiger charge is 2.34. The van der Waals surface area contributed by atoms with Crippen LogP contribution in [0.1, 0.15) is 21.6 Å². The van der Waals surface area contributed by atoms with Gasteiger partial charge < -0.3 is 5.32 Å². The molecule has 0 aliphatic carbocycles. The largest absolute Gasteiger partial charge is 0.418 e. The molecule has 9 heteroatoms. The van der Waals surface area contributed by atoms with Crippen molar-refractivity contribution in [1.82, 2.24) is 15.0 Å². The predicted octanol–water partition coefficient (Wildman–Crippen LogP) is 4.50. The van der Waals surface area contributed by atoms with Crippen LogP contribution in [-0.4, -0.2) is 20.9 Å². The molecule has 0 saturated carbocycles. The Morgan fingerprint density at radius 3 is 2.62 bits per heavy atom. The third-order valence-electron chi connectivity index (χ3n) is 3.62. The highest BCUT2D eigenvalue weighted by molar-refractivity contribution is 6.30. The number of halogens is 4. The molecule has 134 valence electrons. The maximum Gasteiger partial charge on any atom is 0.418 e. The van der Waals surface area contributed by atoms with Gasteiger partial charge >= 0.3 is 6.18 Å². The Morgan fingerprint density at radius 2 is 1.92 bits per heavy atom. The van der Waals surface area contributed by atoms with Gasteiger partial charge in [-0.25, -0.2) is 4.68 Å². The lowest BCUT2D eigenvalue weighted by atomic mass is 10.1. The van der Waals surface area contributed by atoms with Gasteiger partial charge in [-0.2, -0.15) is 13.2 Å². The molecule has 0 radical (unpaired) electrons. The Hall–Kier alpha value is -2.87. The number of anilines is 1. The zero-order chi connectivity index (χ0) is 18.9. The standard InChI is InChI=1S/C17H12ClF3N4O/c1-10-8-11(18)6-7-13(10)22-16(26)14-9-25(24-23-14)15-5-3-2-4-12(15)17(19,20)21/h2-9H,1H3,(H,22,26). The van der Waals surface area contributed by atoms with Crippen molar-refractivity contribution in [3.8, 4) is 5.69 Å². The Bertz CT molecular complexity index is 969. The molecule has 1 amide bonds. The van der Waals surface area contributed by atoms with Crippen LogP contribution in [0.15, 0.2) is 48.7 Å². The van der Waals surface area contributed by atoms with Crippen molar-refractivity contribution in [2.45, 2.75) is 13.1 Å². The Balaban J connectivity index is 1.88. The normalized spacial score (nSPS) is 11.4. The number of nitrogens with zero attached hydrogens (tertiary/aromatic N) is 3. The summed E-state index contributed by atoms with van der Waals surface area (Å²) in [6, 6.07) is 9.83. The summed E-state index contributed by atoms with van der Waals surface area (Å²) in [5, 5.41) is 10.5. The maximum absolute atomic E-state index is 13.1. The van der Waals surface area contributed by atoms with Gasteiger partial charge in [0.25, 0.3) is 5.91 Å². The number of rotatable bonds is 3. The van der Waals surface area contributed by atoms with Gasteiger partial charge in [0.15, 0.2) is 5.69 Å². The molecule has 3 aromatic rings. The SMILES string of the molecule is Cc1cc(Cl)ccc1NC(=O)c1cn(-c2ccccc2C(F)(F)F)nn1. The van der Waals surface area contributed by atoms with Gasteiger partial charge in [0.2, 0.25) is 0 Å².